The standard InChI is InChI=1S/C20H19ClFN5.C2HF3O2/c1-12-25-18(24-11-13-4-3-9-23-20(13)21)10-19(26-12)27-17-8-7-14-15(17)5-2-6-16(14)22;3-2(4,5)1(6)7/h2-6,9-10,17H,7-8,11H2,1H3,(H2,24,25,26,27);(H,6,7). The number of nitrogens with zero attached hydrogens (tertiary/aromatic N) is 3. The van der Waals surface area contributed by atoms with Crippen molar-refractivity contribution in [1.82, 2.24) is 15.0 Å². The maximum atomic E-state index is 13.9. The Morgan fingerprint density at radius 2 is 1.91 bits per heavy atom. The number of nitrogens with one attached hydrogen (secondary N) is 2. The van der Waals surface area contributed by atoms with Gasteiger partial charge in [0.25, 0.3) is 0 Å². The van der Waals surface area contributed by atoms with Crippen LogP contribution in [0, 0.1) is 12.7 Å². The second-order valence-electron chi connectivity index (χ2n) is 7.34. The summed E-state index contributed by atoms with van der Waals surface area (Å²) in [5, 5.41) is 14.3. The molecule has 0 aliphatic heterocycles. The third-order valence-electron chi connectivity index (χ3n) is 4.91. The molecule has 1 aromatic carbocycles. The largest absolute Gasteiger partial charge is 0.490 e. The zero-order chi connectivity index (χ0) is 24.9. The number of anilines is 2. The third-order valence-corrected chi connectivity index (χ3v) is 5.25. The monoisotopic (exact) mass is 497 g/mol. The van der Waals surface area contributed by atoms with Crippen LogP contribution in [0.1, 0.15) is 35.0 Å². The molecular weight excluding hydrogens is 478 g/mol. The van der Waals surface area contributed by atoms with Crippen molar-refractivity contribution in [2.45, 2.75) is 38.5 Å². The summed E-state index contributed by atoms with van der Waals surface area (Å²) in [5.74, 6) is -0.831. The molecule has 0 amide bonds. The van der Waals surface area contributed by atoms with Gasteiger partial charge in [-0.25, -0.2) is 24.1 Å². The van der Waals surface area contributed by atoms with Crippen LogP contribution >= 0.6 is 11.6 Å². The summed E-state index contributed by atoms with van der Waals surface area (Å²) in [4.78, 5) is 21.9. The Balaban J connectivity index is 0.000000406. The van der Waals surface area contributed by atoms with Gasteiger partial charge in [0, 0.05) is 24.4 Å². The Kier molecular flexibility index (Phi) is 7.87. The number of aliphatic carboxylic acids is 1. The van der Waals surface area contributed by atoms with Crippen molar-refractivity contribution in [1.29, 1.82) is 0 Å². The lowest BCUT2D eigenvalue weighted by atomic mass is 10.1. The average Bonchev–Trinajstić information content (AvgIpc) is 3.17. The van der Waals surface area contributed by atoms with Gasteiger partial charge in [-0.15, -0.1) is 0 Å². The molecule has 12 heteroatoms. The van der Waals surface area contributed by atoms with E-state index in [2.05, 4.69) is 25.6 Å². The molecule has 34 heavy (non-hydrogen) atoms. The minimum absolute atomic E-state index is 0.0469. The van der Waals surface area contributed by atoms with Crippen LogP contribution in [0.4, 0.5) is 29.2 Å². The molecule has 1 aliphatic rings. The Labute approximate surface area is 197 Å². The molecule has 4 rings (SSSR count). The van der Waals surface area contributed by atoms with Crippen molar-refractivity contribution in [3.8, 4) is 0 Å². The molecule has 7 nitrogen and oxygen atoms in total. The molecule has 3 N–H and O–H groups in total. The highest BCUT2D eigenvalue weighted by molar-refractivity contribution is 6.30. The molecule has 0 saturated carbocycles. The fraction of sp³-hybridized carbons (Fsp3) is 0.273. The summed E-state index contributed by atoms with van der Waals surface area (Å²) in [7, 11) is 0. The van der Waals surface area contributed by atoms with Crippen molar-refractivity contribution in [3.63, 3.8) is 0 Å². The lowest BCUT2D eigenvalue weighted by Gasteiger charge is -2.16. The highest BCUT2D eigenvalue weighted by Gasteiger charge is 2.38. The van der Waals surface area contributed by atoms with Gasteiger partial charge >= 0.3 is 12.1 Å². The molecule has 0 radical (unpaired) electrons. The van der Waals surface area contributed by atoms with Gasteiger partial charge < -0.3 is 15.7 Å². The second kappa shape index (κ2) is 10.6. The van der Waals surface area contributed by atoms with Crippen LogP contribution in [0.25, 0.3) is 0 Å². The summed E-state index contributed by atoms with van der Waals surface area (Å²) in [5.41, 5.74) is 2.69. The van der Waals surface area contributed by atoms with E-state index in [4.69, 9.17) is 21.5 Å². The quantitative estimate of drug-likeness (QED) is 0.324. The van der Waals surface area contributed by atoms with E-state index in [0.29, 0.717) is 29.2 Å². The lowest BCUT2D eigenvalue weighted by Crippen LogP contribution is -2.21. The molecule has 0 fully saturated rings. The van der Waals surface area contributed by atoms with Gasteiger partial charge in [0.15, 0.2) is 0 Å². The first-order valence-electron chi connectivity index (χ1n) is 10.1. The third kappa shape index (κ3) is 6.53. The second-order valence-corrected chi connectivity index (χ2v) is 7.70. The predicted octanol–water partition coefficient (Wildman–Crippen LogP) is 5.32. The predicted molar refractivity (Wildman–Crippen MR) is 118 cm³/mol. The summed E-state index contributed by atoms with van der Waals surface area (Å²) >= 11 is 6.10. The first kappa shape index (κ1) is 25.2. The van der Waals surface area contributed by atoms with Crippen LogP contribution in [0.15, 0.2) is 42.6 Å². The molecule has 1 unspecified atom stereocenters. The molecule has 3 aromatic rings. The molecule has 2 heterocycles. The van der Waals surface area contributed by atoms with E-state index in [-0.39, 0.29) is 11.9 Å². The van der Waals surface area contributed by atoms with E-state index in [1.165, 1.54) is 6.07 Å². The number of aromatic nitrogens is 3. The van der Waals surface area contributed by atoms with Crippen molar-refractivity contribution in [2.75, 3.05) is 10.6 Å². The lowest BCUT2D eigenvalue weighted by molar-refractivity contribution is -0.192. The highest BCUT2D eigenvalue weighted by atomic mass is 35.5. The van der Waals surface area contributed by atoms with Gasteiger partial charge in [-0.1, -0.05) is 29.8 Å². The number of carboxylic acid groups (broad SMARTS) is 1. The van der Waals surface area contributed by atoms with Crippen molar-refractivity contribution in [2.24, 2.45) is 0 Å². The number of pyridine rings is 1. The summed E-state index contributed by atoms with van der Waals surface area (Å²) in [6.45, 7) is 2.36. The molecule has 1 atom stereocenters. The van der Waals surface area contributed by atoms with E-state index < -0.39 is 12.1 Å². The smallest absolute Gasteiger partial charge is 0.475 e. The van der Waals surface area contributed by atoms with E-state index in [1.54, 1.807) is 12.3 Å². The van der Waals surface area contributed by atoms with Gasteiger partial charge in [0.1, 0.15) is 28.4 Å². The number of hydrogen-bond acceptors (Lipinski definition) is 6. The maximum Gasteiger partial charge on any atom is 0.490 e. The number of fused-ring (bicyclic) bond motifs is 1. The number of carboxylic acids is 1. The van der Waals surface area contributed by atoms with Gasteiger partial charge in [-0.2, -0.15) is 13.2 Å². The summed E-state index contributed by atoms with van der Waals surface area (Å²) < 4.78 is 45.7. The minimum atomic E-state index is -5.08. The SMILES string of the molecule is Cc1nc(NCc2cccnc2Cl)cc(NC2CCc3c(F)cccc32)n1.O=C(O)C(F)(F)F. The zero-order valence-corrected chi connectivity index (χ0v) is 18.6. The van der Waals surface area contributed by atoms with Gasteiger partial charge in [0.2, 0.25) is 0 Å². The Morgan fingerprint density at radius 3 is 2.59 bits per heavy atom. The molecule has 1 aliphatic carbocycles. The molecule has 0 spiro atoms. The molecular formula is C22H20ClF4N5O2. The molecule has 0 saturated heterocycles. The first-order chi connectivity index (χ1) is 16.0. The number of halogens is 5. The Hall–Kier alpha value is -3.47. The number of rotatable bonds is 5. The van der Waals surface area contributed by atoms with E-state index in [9.17, 15) is 17.6 Å². The Morgan fingerprint density at radius 1 is 1.21 bits per heavy atom. The fourth-order valence-electron chi connectivity index (χ4n) is 3.41. The van der Waals surface area contributed by atoms with Crippen LogP contribution in [-0.4, -0.2) is 32.2 Å². The average molecular weight is 498 g/mol. The maximum absolute atomic E-state index is 13.9. The van der Waals surface area contributed by atoms with Crippen LogP contribution in [0.2, 0.25) is 5.15 Å². The molecule has 2 aromatic heterocycles. The number of alkyl halides is 3. The number of hydrogen-bond donors (Lipinski definition) is 3. The molecule has 180 valence electrons. The number of aryl methyl sites for hydroxylation is 1. The number of benzene rings is 1. The van der Waals surface area contributed by atoms with E-state index in [0.717, 1.165) is 29.5 Å². The summed E-state index contributed by atoms with van der Waals surface area (Å²) in [6.07, 6.45) is -1.85. The summed E-state index contributed by atoms with van der Waals surface area (Å²) in [6, 6.07) is 10.9. The van der Waals surface area contributed by atoms with Gasteiger partial charge in [0.05, 0.1) is 6.04 Å². The van der Waals surface area contributed by atoms with Crippen LogP contribution in [0.5, 0.6) is 0 Å². The van der Waals surface area contributed by atoms with Gasteiger partial charge in [-0.3, -0.25) is 0 Å². The van der Waals surface area contributed by atoms with Crippen molar-refractivity contribution < 1.29 is 27.5 Å². The normalized spacial score (nSPS) is 14.6. The fourth-order valence-corrected chi connectivity index (χ4v) is 3.59. The van der Waals surface area contributed by atoms with Gasteiger partial charge in [-0.05, 0) is 43.0 Å². The Bertz CT molecular complexity index is 1180. The molecule has 0 bridgehead atoms. The van der Waals surface area contributed by atoms with E-state index >= 15 is 0 Å². The van der Waals surface area contributed by atoms with Crippen molar-refractivity contribution in [3.05, 3.63) is 76.1 Å². The van der Waals surface area contributed by atoms with Crippen LogP contribution in [0.3, 0.4) is 0 Å². The highest BCUT2D eigenvalue weighted by Crippen LogP contribution is 2.35. The van der Waals surface area contributed by atoms with Crippen molar-refractivity contribution >= 4 is 29.2 Å². The van der Waals surface area contributed by atoms with Crippen LogP contribution < -0.4 is 10.6 Å². The zero-order valence-electron chi connectivity index (χ0n) is 17.8. The minimum Gasteiger partial charge on any atom is -0.475 e. The van der Waals surface area contributed by atoms with Crippen LogP contribution in [-0.2, 0) is 17.8 Å². The first-order valence-corrected chi connectivity index (χ1v) is 10.4. The van der Waals surface area contributed by atoms with E-state index in [1.807, 2.05) is 31.2 Å². The topological polar surface area (TPSA) is 100 Å². The number of carbonyl (C=O) groups is 1.